The highest BCUT2D eigenvalue weighted by Crippen LogP contribution is 2.59. The molecule has 0 amide bonds. The highest BCUT2D eigenvalue weighted by molar-refractivity contribution is 7.60. The standard InChI is InChI=1S/C17H30NO4P/c1-6-20-17(5,21-7-2)23(19,22-8-3)14-18-15(4)16-12-10-9-11-13-16/h9-13,15,18H,6-8,14H2,1-5H3/t15-,23?/m0/s1. The Kier molecular flexibility index (Phi) is 8.45. The average Bonchev–Trinajstić information content (AvgIpc) is 2.54. The molecule has 0 bridgehead atoms. The molecule has 0 saturated heterocycles. The topological polar surface area (TPSA) is 56.8 Å². The molecule has 0 aliphatic carbocycles. The van der Waals surface area contributed by atoms with Crippen LogP contribution in [0.1, 0.15) is 46.2 Å². The van der Waals surface area contributed by atoms with Crippen molar-refractivity contribution in [3.8, 4) is 0 Å². The van der Waals surface area contributed by atoms with Crippen LogP contribution in [0.5, 0.6) is 0 Å². The highest BCUT2D eigenvalue weighted by atomic mass is 31.2. The summed E-state index contributed by atoms with van der Waals surface area (Å²) in [6, 6.07) is 10.1. The zero-order valence-corrected chi connectivity index (χ0v) is 15.8. The summed E-state index contributed by atoms with van der Waals surface area (Å²) in [6.07, 6.45) is 0.188. The van der Waals surface area contributed by atoms with Gasteiger partial charge in [-0.3, -0.25) is 4.57 Å². The van der Waals surface area contributed by atoms with Crippen LogP contribution in [0.2, 0.25) is 0 Å². The number of hydrogen-bond donors (Lipinski definition) is 1. The van der Waals surface area contributed by atoms with E-state index in [0.717, 1.165) is 5.56 Å². The molecule has 1 aromatic carbocycles. The average molecular weight is 343 g/mol. The lowest BCUT2D eigenvalue weighted by atomic mass is 10.1. The summed E-state index contributed by atoms with van der Waals surface area (Å²) in [5, 5.41) is 3.30. The molecule has 23 heavy (non-hydrogen) atoms. The van der Waals surface area contributed by atoms with E-state index in [0.29, 0.717) is 19.8 Å². The van der Waals surface area contributed by atoms with E-state index >= 15 is 0 Å². The van der Waals surface area contributed by atoms with Crippen molar-refractivity contribution in [1.29, 1.82) is 0 Å². The summed E-state index contributed by atoms with van der Waals surface area (Å²) in [5.74, 6) is 0. The number of ether oxygens (including phenoxy) is 2. The summed E-state index contributed by atoms with van der Waals surface area (Å²) in [6.45, 7) is 10.4. The van der Waals surface area contributed by atoms with Crippen LogP contribution in [0, 0.1) is 0 Å². The van der Waals surface area contributed by atoms with Crippen molar-refractivity contribution < 1.29 is 18.6 Å². The molecule has 1 rings (SSSR count). The quantitative estimate of drug-likeness (QED) is 0.478. The van der Waals surface area contributed by atoms with Gasteiger partial charge in [0.15, 0.2) is 0 Å². The van der Waals surface area contributed by atoms with Crippen LogP contribution in [0.15, 0.2) is 30.3 Å². The summed E-state index contributed by atoms with van der Waals surface area (Å²) < 4.78 is 30.4. The van der Waals surface area contributed by atoms with E-state index in [-0.39, 0.29) is 12.3 Å². The van der Waals surface area contributed by atoms with Crippen molar-refractivity contribution in [2.75, 3.05) is 26.1 Å². The molecule has 1 N–H and O–H groups in total. The molecule has 1 unspecified atom stereocenters. The molecular weight excluding hydrogens is 313 g/mol. The third-order valence-electron chi connectivity index (χ3n) is 3.69. The first-order valence-corrected chi connectivity index (χ1v) is 10.0. The van der Waals surface area contributed by atoms with E-state index in [2.05, 4.69) is 5.32 Å². The highest BCUT2D eigenvalue weighted by Gasteiger charge is 2.47. The van der Waals surface area contributed by atoms with Crippen molar-refractivity contribution >= 4 is 7.37 Å². The maximum atomic E-state index is 13.4. The number of nitrogens with one attached hydrogen (secondary N) is 1. The molecule has 1 aromatic rings. The monoisotopic (exact) mass is 343 g/mol. The Morgan fingerprint density at radius 1 is 1.09 bits per heavy atom. The van der Waals surface area contributed by atoms with Gasteiger partial charge in [-0.2, -0.15) is 0 Å². The lowest BCUT2D eigenvalue weighted by Gasteiger charge is -2.36. The van der Waals surface area contributed by atoms with Crippen molar-refractivity contribution in [3.05, 3.63) is 35.9 Å². The van der Waals surface area contributed by atoms with Crippen LogP contribution >= 0.6 is 7.37 Å². The molecular formula is C17H30NO4P. The Hall–Kier alpha value is -0.710. The molecule has 0 radical (unpaired) electrons. The van der Waals surface area contributed by atoms with Crippen molar-refractivity contribution in [3.63, 3.8) is 0 Å². The predicted octanol–water partition coefficient (Wildman–Crippen LogP) is 4.36. The van der Waals surface area contributed by atoms with E-state index in [4.69, 9.17) is 14.0 Å². The third-order valence-corrected chi connectivity index (χ3v) is 6.46. The fourth-order valence-electron chi connectivity index (χ4n) is 2.41. The van der Waals surface area contributed by atoms with Gasteiger partial charge in [0.05, 0.1) is 12.9 Å². The summed E-state index contributed by atoms with van der Waals surface area (Å²) in [7, 11) is -3.20. The molecule has 0 aliphatic heterocycles. The summed E-state index contributed by atoms with van der Waals surface area (Å²) >= 11 is 0. The van der Waals surface area contributed by atoms with Crippen LogP contribution < -0.4 is 5.32 Å². The Balaban J connectivity index is 2.89. The van der Waals surface area contributed by atoms with Gasteiger partial charge in [0.25, 0.3) is 7.37 Å². The molecule has 0 heterocycles. The largest absolute Gasteiger partial charge is 0.342 e. The SMILES string of the molecule is CCOC(C)(OCC)P(=O)(CN[C@@H](C)c1ccccc1)OCC. The Labute approximate surface area is 140 Å². The smallest absolute Gasteiger partial charge is 0.273 e. The Morgan fingerprint density at radius 2 is 1.65 bits per heavy atom. The van der Waals surface area contributed by atoms with Crippen LogP contribution in [0.3, 0.4) is 0 Å². The first kappa shape index (κ1) is 20.3. The minimum atomic E-state index is -3.20. The van der Waals surface area contributed by atoms with Crippen molar-refractivity contribution in [1.82, 2.24) is 5.32 Å². The molecule has 6 heteroatoms. The lowest BCUT2D eigenvalue weighted by Crippen LogP contribution is -2.37. The zero-order chi connectivity index (χ0) is 17.3. The van der Waals surface area contributed by atoms with Gasteiger partial charge < -0.3 is 19.3 Å². The number of benzene rings is 1. The van der Waals surface area contributed by atoms with Crippen LogP contribution in [0.25, 0.3) is 0 Å². The van der Waals surface area contributed by atoms with E-state index in [1.54, 1.807) is 6.92 Å². The maximum absolute atomic E-state index is 13.4. The second-order valence-corrected chi connectivity index (χ2v) is 8.08. The maximum Gasteiger partial charge on any atom is 0.273 e. The zero-order valence-electron chi connectivity index (χ0n) is 14.9. The Bertz CT molecular complexity index is 489. The third kappa shape index (κ3) is 5.40. The van der Waals surface area contributed by atoms with E-state index in [1.807, 2.05) is 58.0 Å². The van der Waals surface area contributed by atoms with Gasteiger partial charge in [-0.25, -0.2) is 0 Å². The van der Waals surface area contributed by atoms with Crippen LogP contribution in [0.4, 0.5) is 0 Å². The molecule has 5 nitrogen and oxygen atoms in total. The molecule has 0 spiro atoms. The van der Waals surface area contributed by atoms with E-state index < -0.39 is 12.9 Å². The summed E-state index contributed by atoms with van der Waals surface area (Å²) in [5.41, 5.74) is -0.110. The predicted molar refractivity (Wildman–Crippen MR) is 93.7 cm³/mol. The second kappa shape index (κ2) is 9.55. The molecule has 0 fully saturated rings. The van der Waals surface area contributed by atoms with Gasteiger partial charge >= 0.3 is 0 Å². The van der Waals surface area contributed by atoms with Gasteiger partial charge in [0, 0.05) is 19.3 Å². The van der Waals surface area contributed by atoms with Crippen molar-refractivity contribution in [2.24, 2.45) is 0 Å². The normalized spacial score (nSPS) is 16.0. The first-order chi connectivity index (χ1) is 10.9. The molecule has 2 atom stereocenters. The lowest BCUT2D eigenvalue weighted by molar-refractivity contribution is -0.168. The van der Waals surface area contributed by atoms with Gasteiger partial charge in [0.2, 0.25) is 5.53 Å². The minimum absolute atomic E-state index is 0.0532. The molecule has 0 saturated carbocycles. The second-order valence-electron chi connectivity index (χ2n) is 5.35. The van der Waals surface area contributed by atoms with E-state index in [1.165, 1.54) is 0 Å². The van der Waals surface area contributed by atoms with Crippen LogP contribution in [-0.4, -0.2) is 31.6 Å². The van der Waals surface area contributed by atoms with Gasteiger partial charge in [-0.15, -0.1) is 0 Å². The molecule has 0 aliphatic rings. The Morgan fingerprint density at radius 3 is 2.13 bits per heavy atom. The minimum Gasteiger partial charge on any atom is -0.342 e. The molecule has 0 aromatic heterocycles. The van der Waals surface area contributed by atoms with Gasteiger partial charge in [-0.05, 0) is 40.2 Å². The number of hydrogen-bond acceptors (Lipinski definition) is 5. The summed E-state index contributed by atoms with van der Waals surface area (Å²) in [4.78, 5) is 0. The van der Waals surface area contributed by atoms with Crippen LogP contribution in [-0.2, 0) is 18.6 Å². The van der Waals surface area contributed by atoms with Crippen molar-refractivity contribution in [2.45, 2.75) is 46.2 Å². The molecule has 132 valence electrons. The van der Waals surface area contributed by atoms with E-state index in [9.17, 15) is 4.57 Å². The first-order valence-electron chi connectivity index (χ1n) is 8.22. The van der Waals surface area contributed by atoms with Gasteiger partial charge in [0.1, 0.15) is 0 Å². The fourth-order valence-corrected chi connectivity index (χ4v) is 4.60. The number of rotatable bonds is 11. The fraction of sp³-hybridized carbons (Fsp3) is 0.647. The van der Waals surface area contributed by atoms with Gasteiger partial charge in [-0.1, -0.05) is 30.3 Å².